The van der Waals surface area contributed by atoms with Crippen molar-refractivity contribution in [3.63, 3.8) is 0 Å². The molecular weight excluding hydrogens is 428 g/mol. The van der Waals surface area contributed by atoms with Crippen LogP contribution in [-0.2, 0) is 17.9 Å². The van der Waals surface area contributed by atoms with E-state index in [4.69, 9.17) is 14.2 Å². The number of nitrogens with zero attached hydrogens (tertiary/aromatic N) is 1. The van der Waals surface area contributed by atoms with Gasteiger partial charge in [-0.1, -0.05) is 48.5 Å². The lowest BCUT2D eigenvalue weighted by Gasteiger charge is -2.37. The number of ether oxygens (including phenoxy) is 3. The van der Waals surface area contributed by atoms with Gasteiger partial charge in [-0.3, -0.25) is 9.69 Å². The van der Waals surface area contributed by atoms with Crippen molar-refractivity contribution in [3.8, 4) is 17.2 Å². The zero-order valence-electron chi connectivity index (χ0n) is 19.4. The summed E-state index contributed by atoms with van der Waals surface area (Å²) in [6, 6.07) is 24.5. The Bertz CT molecular complexity index is 1130. The smallest absolute Gasteiger partial charge is 0.231 e. The Kier molecular flexibility index (Phi) is 6.67. The van der Waals surface area contributed by atoms with Crippen LogP contribution >= 0.6 is 0 Å². The fourth-order valence-electron chi connectivity index (χ4n) is 4.89. The lowest BCUT2D eigenvalue weighted by atomic mass is 9.84. The Morgan fingerprint density at radius 1 is 0.971 bits per heavy atom. The van der Waals surface area contributed by atoms with Gasteiger partial charge < -0.3 is 19.5 Å². The minimum Gasteiger partial charge on any atom is -0.497 e. The summed E-state index contributed by atoms with van der Waals surface area (Å²) < 4.78 is 16.2. The number of benzene rings is 3. The lowest BCUT2D eigenvalue weighted by Crippen LogP contribution is -2.45. The number of carbonyl (C=O) groups is 1. The number of rotatable bonds is 7. The number of hydrogen-bond acceptors (Lipinski definition) is 5. The number of likely N-dealkylation sites (tertiary alicyclic amines) is 1. The van der Waals surface area contributed by atoms with Crippen LogP contribution in [0.5, 0.6) is 17.2 Å². The molecule has 2 heterocycles. The van der Waals surface area contributed by atoms with Gasteiger partial charge in [-0.05, 0) is 53.3 Å². The van der Waals surface area contributed by atoms with Gasteiger partial charge in [0.1, 0.15) is 5.75 Å². The molecule has 3 aromatic carbocycles. The molecule has 0 spiro atoms. The van der Waals surface area contributed by atoms with Gasteiger partial charge in [-0.15, -0.1) is 0 Å². The first kappa shape index (κ1) is 22.3. The van der Waals surface area contributed by atoms with Crippen LogP contribution in [0.15, 0.2) is 72.8 Å². The summed E-state index contributed by atoms with van der Waals surface area (Å²) >= 11 is 0. The minimum atomic E-state index is -0.0847. The molecule has 0 aliphatic carbocycles. The van der Waals surface area contributed by atoms with Crippen molar-refractivity contribution in [2.45, 2.75) is 25.4 Å². The molecule has 1 amide bonds. The van der Waals surface area contributed by atoms with Gasteiger partial charge in [0, 0.05) is 26.2 Å². The Hall–Kier alpha value is -3.51. The van der Waals surface area contributed by atoms with Crippen molar-refractivity contribution < 1.29 is 19.0 Å². The highest BCUT2D eigenvalue weighted by atomic mass is 16.7. The number of piperidine rings is 1. The molecule has 1 fully saturated rings. The van der Waals surface area contributed by atoms with Crippen molar-refractivity contribution in [1.29, 1.82) is 0 Å². The van der Waals surface area contributed by atoms with E-state index in [2.05, 4.69) is 46.6 Å². The van der Waals surface area contributed by atoms with Gasteiger partial charge in [-0.25, -0.2) is 0 Å². The van der Waals surface area contributed by atoms with Crippen molar-refractivity contribution in [2.75, 3.05) is 27.0 Å². The zero-order valence-corrected chi connectivity index (χ0v) is 19.4. The van der Waals surface area contributed by atoms with Crippen molar-refractivity contribution in [3.05, 3.63) is 89.5 Å². The molecule has 2 aliphatic heterocycles. The van der Waals surface area contributed by atoms with Gasteiger partial charge in [0.25, 0.3) is 0 Å². The largest absolute Gasteiger partial charge is 0.497 e. The summed E-state index contributed by atoms with van der Waals surface area (Å²) in [5.41, 5.74) is 3.47. The van der Waals surface area contributed by atoms with Crippen LogP contribution in [0, 0.1) is 5.92 Å². The molecule has 34 heavy (non-hydrogen) atoms. The molecule has 2 atom stereocenters. The van der Waals surface area contributed by atoms with Gasteiger partial charge in [0.15, 0.2) is 11.5 Å². The molecular formula is C28H30N2O4. The molecule has 0 aromatic heterocycles. The van der Waals surface area contributed by atoms with Crippen LogP contribution in [0.1, 0.15) is 29.0 Å². The topological polar surface area (TPSA) is 60.0 Å². The second-order valence-electron chi connectivity index (χ2n) is 8.99. The SMILES string of the molecule is COc1cccc(CN2CC(C(=O)NCc3ccc4c(c3)OCO4)CC(c3ccccc3)C2)c1. The molecule has 5 rings (SSSR count). The summed E-state index contributed by atoms with van der Waals surface area (Å²) in [7, 11) is 1.69. The molecule has 6 heteroatoms. The predicted molar refractivity (Wildman–Crippen MR) is 130 cm³/mol. The highest BCUT2D eigenvalue weighted by Gasteiger charge is 2.32. The molecule has 0 radical (unpaired) electrons. The molecule has 1 N–H and O–H groups in total. The summed E-state index contributed by atoms with van der Waals surface area (Å²) in [5, 5.41) is 3.15. The summed E-state index contributed by atoms with van der Waals surface area (Å²) in [5.74, 6) is 2.65. The van der Waals surface area contributed by atoms with Crippen molar-refractivity contribution in [2.24, 2.45) is 5.92 Å². The molecule has 0 bridgehead atoms. The van der Waals surface area contributed by atoms with E-state index < -0.39 is 0 Å². The Morgan fingerprint density at radius 2 is 1.82 bits per heavy atom. The molecule has 0 saturated carbocycles. The highest BCUT2D eigenvalue weighted by Crippen LogP contribution is 2.33. The fourth-order valence-corrected chi connectivity index (χ4v) is 4.89. The third-order valence-electron chi connectivity index (χ3n) is 6.61. The quantitative estimate of drug-likeness (QED) is 0.571. The first-order chi connectivity index (χ1) is 16.7. The fraction of sp³-hybridized carbons (Fsp3) is 0.321. The van der Waals surface area contributed by atoms with Crippen LogP contribution in [0.25, 0.3) is 0 Å². The summed E-state index contributed by atoms with van der Waals surface area (Å²) in [4.78, 5) is 15.7. The highest BCUT2D eigenvalue weighted by molar-refractivity contribution is 5.79. The van der Waals surface area contributed by atoms with Crippen LogP contribution in [0.2, 0.25) is 0 Å². The number of amides is 1. The second-order valence-corrected chi connectivity index (χ2v) is 8.99. The first-order valence-corrected chi connectivity index (χ1v) is 11.7. The Labute approximate surface area is 200 Å². The summed E-state index contributed by atoms with van der Waals surface area (Å²) in [6.45, 7) is 3.15. The molecule has 1 saturated heterocycles. The number of carbonyl (C=O) groups excluding carboxylic acids is 1. The van der Waals surface area contributed by atoms with E-state index in [1.807, 2.05) is 36.4 Å². The van der Waals surface area contributed by atoms with E-state index in [1.165, 1.54) is 11.1 Å². The maximum atomic E-state index is 13.3. The van der Waals surface area contributed by atoms with Crippen molar-refractivity contribution in [1.82, 2.24) is 10.2 Å². The average Bonchev–Trinajstić information content (AvgIpc) is 3.36. The third kappa shape index (κ3) is 5.18. The van der Waals surface area contributed by atoms with E-state index in [0.29, 0.717) is 12.5 Å². The van der Waals surface area contributed by atoms with E-state index >= 15 is 0 Å². The maximum Gasteiger partial charge on any atom is 0.231 e. The molecule has 3 aromatic rings. The minimum absolute atomic E-state index is 0.0847. The predicted octanol–water partition coefficient (Wildman–Crippen LogP) is 4.35. The molecule has 2 aliphatic rings. The van der Waals surface area contributed by atoms with Crippen LogP contribution in [-0.4, -0.2) is 37.8 Å². The molecule has 2 unspecified atom stereocenters. The second kappa shape index (κ2) is 10.2. The number of hydrogen-bond donors (Lipinski definition) is 1. The number of fused-ring (bicyclic) bond motifs is 1. The molecule has 176 valence electrons. The van der Waals surface area contributed by atoms with E-state index in [1.54, 1.807) is 7.11 Å². The van der Waals surface area contributed by atoms with Gasteiger partial charge in [0.2, 0.25) is 12.7 Å². The van der Waals surface area contributed by atoms with E-state index in [0.717, 1.165) is 48.9 Å². The number of nitrogens with one attached hydrogen (secondary N) is 1. The molecule has 6 nitrogen and oxygen atoms in total. The third-order valence-corrected chi connectivity index (χ3v) is 6.61. The Balaban J connectivity index is 1.28. The van der Waals surface area contributed by atoms with Crippen molar-refractivity contribution >= 4 is 5.91 Å². The van der Waals surface area contributed by atoms with E-state index in [-0.39, 0.29) is 18.6 Å². The Morgan fingerprint density at radius 3 is 2.68 bits per heavy atom. The standard InChI is InChI=1S/C28H30N2O4/c1-32-25-9-5-6-21(12-25)16-30-17-23(22-7-3-2-4-8-22)14-24(18-30)28(31)29-15-20-10-11-26-27(13-20)34-19-33-26/h2-13,23-24H,14-19H2,1H3,(H,29,31). The zero-order chi connectivity index (χ0) is 23.3. The van der Waals surface area contributed by atoms with E-state index in [9.17, 15) is 4.79 Å². The average molecular weight is 459 g/mol. The first-order valence-electron chi connectivity index (χ1n) is 11.7. The maximum absolute atomic E-state index is 13.3. The monoisotopic (exact) mass is 458 g/mol. The lowest BCUT2D eigenvalue weighted by molar-refractivity contribution is -0.127. The number of methoxy groups -OCH3 is 1. The van der Waals surface area contributed by atoms with Crippen LogP contribution in [0.3, 0.4) is 0 Å². The van der Waals surface area contributed by atoms with Crippen LogP contribution < -0.4 is 19.5 Å². The van der Waals surface area contributed by atoms with Gasteiger partial charge in [-0.2, -0.15) is 0 Å². The van der Waals surface area contributed by atoms with Gasteiger partial charge >= 0.3 is 0 Å². The van der Waals surface area contributed by atoms with Gasteiger partial charge in [0.05, 0.1) is 13.0 Å². The normalized spacial score (nSPS) is 19.6. The summed E-state index contributed by atoms with van der Waals surface area (Å²) in [6.07, 6.45) is 0.839. The van der Waals surface area contributed by atoms with Crippen LogP contribution in [0.4, 0.5) is 0 Å².